The van der Waals surface area contributed by atoms with Gasteiger partial charge < -0.3 is 20.0 Å². The molecule has 8 heteroatoms. The molecule has 4 heterocycles. The number of likely N-dealkylation sites (tertiary alicyclic amines) is 1. The molecule has 1 N–H and O–H groups in total. The summed E-state index contributed by atoms with van der Waals surface area (Å²) in [6.07, 6.45) is 3.74. The fourth-order valence-electron chi connectivity index (χ4n) is 5.35. The summed E-state index contributed by atoms with van der Waals surface area (Å²) in [6, 6.07) is 6.11. The quantitative estimate of drug-likeness (QED) is 0.777. The van der Waals surface area contributed by atoms with Gasteiger partial charge in [0.1, 0.15) is 11.6 Å². The van der Waals surface area contributed by atoms with Crippen molar-refractivity contribution in [3.05, 3.63) is 46.4 Å². The lowest BCUT2D eigenvalue weighted by Gasteiger charge is -2.31. The number of carbonyl (C=O) groups excluding carboxylic acids is 2. The average Bonchev–Trinajstić information content (AvgIpc) is 3.33. The van der Waals surface area contributed by atoms with E-state index in [2.05, 4.69) is 29.4 Å². The van der Waals surface area contributed by atoms with Crippen LogP contribution in [0.25, 0.3) is 0 Å². The molecule has 3 aliphatic rings. The molecule has 1 unspecified atom stereocenters. The van der Waals surface area contributed by atoms with Crippen molar-refractivity contribution < 1.29 is 9.59 Å². The Morgan fingerprint density at radius 3 is 2.70 bits per heavy atom. The van der Waals surface area contributed by atoms with Gasteiger partial charge in [0.2, 0.25) is 5.91 Å². The summed E-state index contributed by atoms with van der Waals surface area (Å²) in [5, 5.41) is 3.22. The van der Waals surface area contributed by atoms with Gasteiger partial charge in [-0.1, -0.05) is 0 Å². The van der Waals surface area contributed by atoms with Crippen LogP contribution in [-0.4, -0.2) is 71.9 Å². The highest BCUT2D eigenvalue weighted by atomic mass is 16.2. The predicted octanol–water partition coefficient (Wildman–Crippen LogP) is 2.44. The predicted molar refractivity (Wildman–Crippen MR) is 128 cm³/mol. The molecule has 5 rings (SSSR count). The van der Waals surface area contributed by atoms with Crippen LogP contribution < -0.4 is 10.2 Å². The van der Waals surface area contributed by atoms with Gasteiger partial charge in [-0.3, -0.25) is 9.59 Å². The zero-order valence-electron chi connectivity index (χ0n) is 19.7. The SMILES string of the molecule is CNc1nc(C2CCN(C(C)=O)C2)nc2c1CN(C(=O)c1ccc3c(c1)CCCN3C)CC2. The van der Waals surface area contributed by atoms with Gasteiger partial charge in [0.25, 0.3) is 5.91 Å². The van der Waals surface area contributed by atoms with Crippen LogP contribution in [0.3, 0.4) is 0 Å². The Kier molecular flexibility index (Phi) is 5.68. The van der Waals surface area contributed by atoms with E-state index in [4.69, 9.17) is 9.97 Å². The van der Waals surface area contributed by atoms with Crippen LogP contribution in [0.15, 0.2) is 18.2 Å². The maximum Gasteiger partial charge on any atom is 0.254 e. The molecule has 0 spiro atoms. The maximum absolute atomic E-state index is 13.4. The van der Waals surface area contributed by atoms with E-state index < -0.39 is 0 Å². The number of anilines is 2. The molecule has 1 fully saturated rings. The summed E-state index contributed by atoms with van der Waals surface area (Å²) in [6.45, 7) is 5.26. The Morgan fingerprint density at radius 2 is 1.94 bits per heavy atom. The van der Waals surface area contributed by atoms with E-state index >= 15 is 0 Å². The average molecular weight is 449 g/mol. The van der Waals surface area contributed by atoms with Crippen LogP contribution in [-0.2, 0) is 24.2 Å². The number of hydrogen-bond acceptors (Lipinski definition) is 6. The lowest BCUT2D eigenvalue weighted by atomic mass is 9.98. The van der Waals surface area contributed by atoms with Gasteiger partial charge in [-0.15, -0.1) is 0 Å². The molecule has 0 bridgehead atoms. The Bertz CT molecular complexity index is 1080. The first-order chi connectivity index (χ1) is 15.9. The van der Waals surface area contributed by atoms with Crippen molar-refractivity contribution in [2.75, 3.05) is 50.5 Å². The molecule has 8 nitrogen and oxygen atoms in total. The molecule has 3 aliphatic heterocycles. The molecule has 1 saturated heterocycles. The summed E-state index contributed by atoms with van der Waals surface area (Å²) < 4.78 is 0. The zero-order valence-corrected chi connectivity index (χ0v) is 19.7. The Labute approximate surface area is 195 Å². The second-order valence-electron chi connectivity index (χ2n) is 9.40. The normalized spacial score (nSPS) is 19.8. The van der Waals surface area contributed by atoms with Gasteiger partial charge in [0, 0.05) is 76.4 Å². The third-order valence-electron chi connectivity index (χ3n) is 7.28. The zero-order chi connectivity index (χ0) is 23.1. The van der Waals surface area contributed by atoms with Gasteiger partial charge in [-0.2, -0.15) is 0 Å². The van der Waals surface area contributed by atoms with Crippen LogP contribution >= 0.6 is 0 Å². The van der Waals surface area contributed by atoms with E-state index in [9.17, 15) is 9.59 Å². The number of amides is 2. The van der Waals surface area contributed by atoms with Crippen molar-refractivity contribution in [1.82, 2.24) is 19.8 Å². The maximum atomic E-state index is 13.4. The fourth-order valence-corrected chi connectivity index (χ4v) is 5.35. The molecule has 33 heavy (non-hydrogen) atoms. The minimum absolute atomic E-state index is 0.0655. The van der Waals surface area contributed by atoms with Gasteiger partial charge in [0.15, 0.2) is 0 Å². The van der Waals surface area contributed by atoms with Crippen molar-refractivity contribution >= 4 is 23.3 Å². The summed E-state index contributed by atoms with van der Waals surface area (Å²) in [4.78, 5) is 40.8. The number of aryl methyl sites for hydroxylation is 1. The fraction of sp³-hybridized carbons (Fsp3) is 0.520. The van der Waals surface area contributed by atoms with Gasteiger partial charge in [-0.05, 0) is 43.0 Å². The van der Waals surface area contributed by atoms with Crippen molar-refractivity contribution in [2.24, 2.45) is 0 Å². The topological polar surface area (TPSA) is 81.7 Å². The largest absolute Gasteiger partial charge is 0.374 e. The molecule has 2 amide bonds. The molecule has 0 radical (unpaired) electrons. The number of nitrogens with one attached hydrogen (secondary N) is 1. The van der Waals surface area contributed by atoms with Crippen LogP contribution in [0.2, 0.25) is 0 Å². The summed E-state index contributed by atoms with van der Waals surface area (Å²) in [5.74, 6) is 1.93. The van der Waals surface area contributed by atoms with E-state index in [1.165, 1.54) is 11.3 Å². The minimum atomic E-state index is 0.0655. The first-order valence-electron chi connectivity index (χ1n) is 11.9. The van der Waals surface area contributed by atoms with E-state index in [1.807, 2.05) is 22.9 Å². The molecule has 174 valence electrons. The van der Waals surface area contributed by atoms with E-state index in [0.29, 0.717) is 26.1 Å². The summed E-state index contributed by atoms with van der Waals surface area (Å²) in [7, 11) is 3.97. The molecule has 0 aliphatic carbocycles. The smallest absolute Gasteiger partial charge is 0.254 e. The number of carbonyl (C=O) groups is 2. The van der Waals surface area contributed by atoms with Crippen molar-refractivity contribution in [1.29, 1.82) is 0 Å². The molecule has 0 saturated carbocycles. The third kappa shape index (κ3) is 4.03. The Hall–Kier alpha value is -3.16. The lowest BCUT2D eigenvalue weighted by Crippen LogP contribution is -2.37. The van der Waals surface area contributed by atoms with Gasteiger partial charge in [-0.25, -0.2) is 9.97 Å². The lowest BCUT2D eigenvalue weighted by molar-refractivity contribution is -0.127. The second-order valence-corrected chi connectivity index (χ2v) is 9.40. The van der Waals surface area contributed by atoms with Crippen LogP contribution in [0.5, 0.6) is 0 Å². The highest BCUT2D eigenvalue weighted by molar-refractivity contribution is 5.95. The third-order valence-corrected chi connectivity index (χ3v) is 7.28. The van der Waals surface area contributed by atoms with E-state index in [-0.39, 0.29) is 17.7 Å². The summed E-state index contributed by atoms with van der Waals surface area (Å²) in [5.41, 5.74) is 5.26. The standard InChI is InChI=1S/C25H32N6O2/c1-16(32)30-11-8-19(14-30)23-27-21-9-12-31(15-20(21)24(26-2)28-23)25(33)18-6-7-22-17(13-18)5-4-10-29(22)3/h6-7,13,19H,4-5,8-12,14-15H2,1-3H3,(H,26,27,28). The highest BCUT2D eigenvalue weighted by Crippen LogP contribution is 2.31. The number of benzene rings is 1. The molecule has 1 aromatic heterocycles. The molecular formula is C25H32N6O2. The monoisotopic (exact) mass is 448 g/mol. The van der Waals surface area contributed by atoms with Gasteiger partial charge in [0.05, 0.1) is 12.2 Å². The number of aromatic nitrogens is 2. The van der Waals surface area contributed by atoms with Crippen molar-refractivity contribution in [2.45, 2.75) is 45.1 Å². The molecule has 1 aromatic carbocycles. The second kappa shape index (κ2) is 8.65. The van der Waals surface area contributed by atoms with E-state index in [0.717, 1.165) is 60.8 Å². The highest BCUT2D eigenvalue weighted by Gasteiger charge is 2.31. The number of fused-ring (bicyclic) bond motifs is 2. The minimum Gasteiger partial charge on any atom is -0.374 e. The van der Waals surface area contributed by atoms with Crippen LogP contribution in [0, 0.1) is 0 Å². The molecule has 2 aromatic rings. The van der Waals surface area contributed by atoms with Crippen molar-refractivity contribution in [3.63, 3.8) is 0 Å². The first kappa shape index (κ1) is 21.7. The number of hydrogen-bond donors (Lipinski definition) is 1. The van der Waals surface area contributed by atoms with Gasteiger partial charge >= 0.3 is 0 Å². The number of rotatable bonds is 3. The van der Waals surface area contributed by atoms with E-state index in [1.54, 1.807) is 6.92 Å². The molecule has 1 atom stereocenters. The van der Waals surface area contributed by atoms with Crippen LogP contribution in [0.1, 0.15) is 58.7 Å². The summed E-state index contributed by atoms with van der Waals surface area (Å²) >= 11 is 0. The van der Waals surface area contributed by atoms with Crippen molar-refractivity contribution in [3.8, 4) is 0 Å². The first-order valence-corrected chi connectivity index (χ1v) is 11.9. The Balaban J connectivity index is 1.36. The Morgan fingerprint density at radius 1 is 1.09 bits per heavy atom. The van der Waals surface area contributed by atoms with Crippen LogP contribution in [0.4, 0.5) is 11.5 Å². The molecular weight excluding hydrogens is 416 g/mol. The number of nitrogens with zero attached hydrogens (tertiary/aromatic N) is 5.